The molecular weight excluding hydrogens is 458 g/mol. The summed E-state index contributed by atoms with van der Waals surface area (Å²) in [6.07, 6.45) is 14.3. The Morgan fingerprint density at radius 3 is 1.70 bits per heavy atom. The fraction of sp³-hybridized carbons (Fsp3) is 0.667. The van der Waals surface area contributed by atoms with E-state index in [0.717, 1.165) is 25.2 Å². The molecule has 1 aromatic rings. The third-order valence-electron chi connectivity index (χ3n) is 5.60. The minimum absolute atomic E-state index is 0. The molecule has 3 aliphatic rings. The lowest BCUT2D eigenvalue weighted by Crippen LogP contribution is -2.20. The number of imidazole rings is 1. The third-order valence-corrected chi connectivity index (χ3v) is 5.60. The molecular formula is C30H53N7. The maximum absolute atomic E-state index is 4.13. The van der Waals surface area contributed by atoms with Crippen molar-refractivity contribution in [1.29, 1.82) is 0 Å². The zero-order chi connectivity index (χ0) is 27.6. The second-order valence-corrected chi connectivity index (χ2v) is 13.1. The van der Waals surface area contributed by atoms with Crippen molar-refractivity contribution in [2.75, 3.05) is 13.1 Å². The van der Waals surface area contributed by atoms with E-state index >= 15 is 0 Å². The van der Waals surface area contributed by atoms with Crippen LogP contribution in [-0.2, 0) is 5.54 Å². The maximum Gasteiger partial charge on any atom is 0.110 e. The number of aliphatic imine (C=N–C) groups is 3. The number of hydrogen-bond donors (Lipinski definition) is 0. The molecule has 4 rings (SSSR count). The number of aromatic nitrogens is 2. The van der Waals surface area contributed by atoms with Gasteiger partial charge >= 0.3 is 0 Å². The van der Waals surface area contributed by atoms with Crippen LogP contribution in [0.3, 0.4) is 0 Å². The van der Waals surface area contributed by atoms with E-state index < -0.39 is 0 Å². The predicted octanol–water partition coefficient (Wildman–Crippen LogP) is 8.56. The molecule has 4 heterocycles. The van der Waals surface area contributed by atoms with Gasteiger partial charge in [-0.15, -0.1) is 0 Å². The highest BCUT2D eigenvalue weighted by molar-refractivity contribution is 5.99. The Morgan fingerprint density at radius 1 is 0.838 bits per heavy atom. The summed E-state index contributed by atoms with van der Waals surface area (Å²) in [4.78, 5) is 16.1. The number of azo groups is 1. The molecule has 0 amide bonds. The van der Waals surface area contributed by atoms with Crippen molar-refractivity contribution in [1.82, 2.24) is 9.55 Å². The normalized spacial score (nSPS) is 16.3. The molecule has 0 bridgehead atoms. The second-order valence-electron chi connectivity index (χ2n) is 13.1. The van der Waals surface area contributed by atoms with E-state index in [2.05, 4.69) is 124 Å². The molecule has 0 aromatic carbocycles. The molecule has 3 aliphatic heterocycles. The van der Waals surface area contributed by atoms with Crippen LogP contribution in [0.25, 0.3) is 0 Å². The van der Waals surface area contributed by atoms with E-state index in [-0.39, 0.29) is 23.8 Å². The second kappa shape index (κ2) is 14.3. The van der Waals surface area contributed by atoms with Gasteiger partial charge in [-0.25, -0.2) is 9.98 Å². The Balaban J connectivity index is 0.000000463. The third kappa shape index (κ3) is 13.4. The van der Waals surface area contributed by atoms with Gasteiger partial charge in [0.05, 0.1) is 25.1 Å². The molecule has 0 aliphatic carbocycles. The first-order valence-corrected chi connectivity index (χ1v) is 12.8. The van der Waals surface area contributed by atoms with Gasteiger partial charge in [0.2, 0.25) is 0 Å². The van der Waals surface area contributed by atoms with Gasteiger partial charge in [0.25, 0.3) is 0 Å². The van der Waals surface area contributed by atoms with E-state index in [0.29, 0.717) is 5.41 Å². The zero-order valence-electron chi connectivity index (χ0n) is 24.8. The quantitative estimate of drug-likeness (QED) is 0.343. The molecule has 7 nitrogen and oxygen atoms in total. The lowest BCUT2D eigenvalue weighted by Gasteiger charge is -2.19. The van der Waals surface area contributed by atoms with E-state index in [1.165, 1.54) is 11.3 Å². The summed E-state index contributed by atoms with van der Waals surface area (Å²) >= 11 is 0. The highest BCUT2D eigenvalue weighted by Gasteiger charge is 2.20. The minimum atomic E-state index is 0. The molecule has 7 heteroatoms. The first-order chi connectivity index (χ1) is 16.4. The molecule has 1 aromatic heterocycles. The highest BCUT2D eigenvalue weighted by atomic mass is 15.1. The average Bonchev–Trinajstić information content (AvgIpc) is 3.57. The first-order valence-electron chi connectivity index (χ1n) is 12.8. The highest BCUT2D eigenvalue weighted by Crippen LogP contribution is 2.29. The van der Waals surface area contributed by atoms with Crippen LogP contribution in [0.5, 0.6) is 0 Å². The molecule has 37 heavy (non-hydrogen) atoms. The number of nitrogens with zero attached hydrogens (tertiary/aromatic N) is 7. The molecule has 0 N–H and O–H groups in total. The molecule has 0 saturated heterocycles. The van der Waals surface area contributed by atoms with Crippen LogP contribution in [0.2, 0.25) is 0 Å². The van der Waals surface area contributed by atoms with Crippen molar-refractivity contribution < 1.29 is 0 Å². The number of rotatable bonds is 0. The van der Waals surface area contributed by atoms with Crippen LogP contribution in [0.4, 0.5) is 0 Å². The lowest BCUT2D eigenvalue weighted by atomic mass is 9.86. The van der Waals surface area contributed by atoms with E-state index in [9.17, 15) is 0 Å². The Bertz CT molecular complexity index is 937. The molecule has 0 unspecified atom stereocenters. The van der Waals surface area contributed by atoms with Crippen molar-refractivity contribution in [2.24, 2.45) is 41.5 Å². The van der Waals surface area contributed by atoms with Gasteiger partial charge in [0.1, 0.15) is 6.34 Å². The summed E-state index contributed by atoms with van der Waals surface area (Å²) in [5, 5.41) is 7.86. The van der Waals surface area contributed by atoms with Crippen molar-refractivity contribution >= 4 is 18.3 Å². The summed E-state index contributed by atoms with van der Waals surface area (Å²) in [5.74, 6) is 0. The molecule has 0 radical (unpaired) electrons. The SMILES string of the molecule is C.CC(C)(C)C1=CCN=N1.CC(C)(C)C1=CN=CC1.CC(C)(C)C1=NC=NC1.CC(C)(C)n1ccnc1. The van der Waals surface area contributed by atoms with Crippen molar-refractivity contribution in [3.8, 4) is 0 Å². The van der Waals surface area contributed by atoms with Gasteiger partial charge in [0, 0.05) is 53.3 Å². The zero-order valence-corrected chi connectivity index (χ0v) is 24.8. The van der Waals surface area contributed by atoms with Crippen LogP contribution >= 0.6 is 0 Å². The first kappa shape index (κ1) is 34.3. The Kier molecular flexibility index (Phi) is 13.3. The Hall–Kier alpha value is -2.70. The molecule has 208 valence electrons. The van der Waals surface area contributed by atoms with Crippen LogP contribution in [0, 0.1) is 16.2 Å². The molecule has 0 fully saturated rings. The predicted molar refractivity (Wildman–Crippen MR) is 162 cm³/mol. The number of allylic oxidation sites excluding steroid dienone is 2. The van der Waals surface area contributed by atoms with Crippen LogP contribution < -0.4 is 0 Å². The minimum Gasteiger partial charge on any atom is -0.332 e. The van der Waals surface area contributed by atoms with E-state index in [1.807, 2.05) is 24.9 Å². The fourth-order valence-corrected chi connectivity index (χ4v) is 2.95. The lowest BCUT2D eigenvalue weighted by molar-refractivity contribution is 0.396. The summed E-state index contributed by atoms with van der Waals surface area (Å²) in [6.45, 7) is 27.5. The molecule has 0 spiro atoms. The van der Waals surface area contributed by atoms with Crippen LogP contribution in [0.1, 0.15) is 96.9 Å². The summed E-state index contributed by atoms with van der Waals surface area (Å²) < 4.78 is 2.08. The summed E-state index contributed by atoms with van der Waals surface area (Å²) in [5.41, 5.74) is 4.61. The van der Waals surface area contributed by atoms with Gasteiger partial charge in [-0.2, -0.15) is 10.2 Å². The van der Waals surface area contributed by atoms with Gasteiger partial charge in [0.15, 0.2) is 0 Å². The van der Waals surface area contributed by atoms with Gasteiger partial charge < -0.3 is 4.57 Å². The Labute approximate surface area is 227 Å². The standard InChI is InChI=1S/C8H13N.3C7H12N2.CH4/c1-8(2,3)7-4-5-9-6-7;1-7(2,3)6-4-8-5-9-6;1-7(2,3)9-5-4-8-6-9;1-7(2,3)6-4-5-8-9-6;/h5-6H,4H2,1-3H3;5H,4H2,1-3H3;4-6H,1-3H3;4H,5H2,1-3H3;1H4. The van der Waals surface area contributed by atoms with E-state index in [1.54, 1.807) is 12.5 Å². The van der Waals surface area contributed by atoms with Crippen molar-refractivity contribution in [2.45, 2.75) is 102 Å². The number of hydrogen-bond acceptors (Lipinski definition) is 6. The topological polar surface area (TPSA) is 79.6 Å². The smallest absolute Gasteiger partial charge is 0.110 e. The Morgan fingerprint density at radius 2 is 1.49 bits per heavy atom. The monoisotopic (exact) mass is 511 g/mol. The van der Waals surface area contributed by atoms with Gasteiger partial charge in [-0.1, -0.05) is 69.7 Å². The van der Waals surface area contributed by atoms with E-state index in [4.69, 9.17) is 0 Å². The fourth-order valence-electron chi connectivity index (χ4n) is 2.95. The molecule has 0 saturated carbocycles. The summed E-state index contributed by atoms with van der Waals surface area (Å²) in [6, 6.07) is 0. The average molecular weight is 512 g/mol. The molecule has 0 atom stereocenters. The van der Waals surface area contributed by atoms with Crippen molar-refractivity contribution in [3.05, 3.63) is 42.3 Å². The maximum atomic E-state index is 4.13. The van der Waals surface area contributed by atoms with Gasteiger partial charge in [-0.3, -0.25) is 9.98 Å². The summed E-state index contributed by atoms with van der Waals surface area (Å²) in [7, 11) is 0. The van der Waals surface area contributed by atoms with Crippen LogP contribution in [-0.4, -0.2) is 40.9 Å². The largest absolute Gasteiger partial charge is 0.332 e. The van der Waals surface area contributed by atoms with Crippen LogP contribution in [0.15, 0.2) is 67.5 Å². The van der Waals surface area contributed by atoms with Gasteiger partial charge in [-0.05, 0) is 37.8 Å². The van der Waals surface area contributed by atoms with Crippen molar-refractivity contribution in [3.63, 3.8) is 0 Å².